The Balaban J connectivity index is 1.48. The summed E-state index contributed by atoms with van der Waals surface area (Å²) in [6.07, 6.45) is 9.98. The van der Waals surface area contributed by atoms with Crippen LogP contribution in [0.15, 0.2) is 18.7 Å². The van der Waals surface area contributed by atoms with E-state index in [-0.39, 0.29) is 0 Å². The number of aromatic nitrogens is 2. The van der Waals surface area contributed by atoms with E-state index in [2.05, 4.69) is 14.9 Å². The normalized spacial score (nSPS) is 16.3. The summed E-state index contributed by atoms with van der Waals surface area (Å²) in [4.78, 5) is 3.99. The van der Waals surface area contributed by atoms with Gasteiger partial charge in [0.05, 0.1) is 6.33 Å². The molecule has 1 aromatic rings. The average molecular weight is 179 g/mol. The summed E-state index contributed by atoms with van der Waals surface area (Å²) >= 11 is 0. The molecule has 0 bridgehead atoms. The highest BCUT2D eigenvalue weighted by Crippen LogP contribution is 2.31. The molecule has 1 aliphatic rings. The van der Waals surface area contributed by atoms with E-state index in [1.165, 1.54) is 25.8 Å². The molecule has 1 aromatic heterocycles. The average Bonchev–Trinajstić information content (AvgIpc) is 2.81. The lowest BCUT2D eigenvalue weighted by atomic mass is 10.3. The summed E-state index contributed by atoms with van der Waals surface area (Å²) in [7, 11) is 0. The highest BCUT2D eigenvalue weighted by Gasteiger charge is 2.19. The topological polar surface area (TPSA) is 29.9 Å². The lowest BCUT2D eigenvalue weighted by Gasteiger charge is -2.04. The van der Waals surface area contributed by atoms with Gasteiger partial charge in [0.15, 0.2) is 0 Å². The Morgan fingerprint density at radius 2 is 2.31 bits per heavy atom. The van der Waals surface area contributed by atoms with E-state index < -0.39 is 0 Å². The van der Waals surface area contributed by atoms with Gasteiger partial charge in [-0.2, -0.15) is 0 Å². The minimum atomic E-state index is 1.03. The van der Waals surface area contributed by atoms with Crippen molar-refractivity contribution in [3.8, 4) is 0 Å². The molecule has 0 aromatic carbocycles. The lowest BCUT2D eigenvalue weighted by Crippen LogP contribution is -2.20. The molecule has 3 nitrogen and oxygen atoms in total. The molecule has 2 rings (SSSR count). The Labute approximate surface area is 79.2 Å². The van der Waals surface area contributed by atoms with Crippen LogP contribution in [0.3, 0.4) is 0 Å². The van der Waals surface area contributed by atoms with E-state index in [1.807, 2.05) is 18.7 Å². The second-order valence-corrected chi connectivity index (χ2v) is 3.78. The molecule has 13 heavy (non-hydrogen) atoms. The van der Waals surface area contributed by atoms with Crippen molar-refractivity contribution < 1.29 is 0 Å². The Morgan fingerprint density at radius 1 is 1.38 bits per heavy atom. The number of nitrogens with one attached hydrogen (secondary N) is 1. The molecule has 72 valence electrons. The van der Waals surface area contributed by atoms with Crippen LogP contribution in [0.5, 0.6) is 0 Å². The maximum Gasteiger partial charge on any atom is 0.0946 e. The fourth-order valence-corrected chi connectivity index (χ4v) is 1.46. The zero-order valence-electron chi connectivity index (χ0n) is 7.95. The van der Waals surface area contributed by atoms with Crippen LogP contribution in [0.1, 0.15) is 19.3 Å². The molecular weight excluding hydrogens is 162 g/mol. The van der Waals surface area contributed by atoms with Gasteiger partial charge in [-0.1, -0.05) is 12.8 Å². The molecule has 1 N–H and O–H groups in total. The van der Waals surface area contributed by atoms with Crippen LogP contribution < -0.4 is 5.32 Å². The van der Waals surface area contributed by atoms with Crippen molar-refractivity contribution in [2.24, 2.45) is 5.92 Å². The minimum absolute atomic E-state index is 1.03. The zero-order valence-corrected chi connectivity index (χ0v) is 7.95. The van der Waals surface area contributed by atoms with Crippen LogP contribution in [0.25, 0.3) is 0 Å². The Kier molecular flexibility index (Phi) is 2.98. The quantitative estimate of drug-likeness (QED) is 0.666. The molecule has 1 heterocycles. The van der Waals surface area contributed by atoms with Crippen molar-refractivity contribution in [1.29, 1.82) is 0 Å². The van der Waals surface area contributed by atoms with Gasteiger partial charge in [-0.15, -0.1) is 0 Å². The summed E-state index contributed by atoms with van der Waals surface area (Å²) in [5.74, 6) is 1.04. The first-order chi connectivity index (χ1) is 6.45. The molecule has 0 aliphatic heterocycles. The van der Waals surface area contributed by atoms with Gasteiger partial charge in [-0.25, -0.2) is 4.98 Å². The van der Waals surface area contributed by atoms with Gasteiger partial charge >= 0.3 is 0 Å². The molecule has 0 saturated heterocycles. The van der Waals surface area contributed by atoms with Crippen molar-refractivity contribution in [2.45, 2.75) is 25.8 Å². The standard InChI is InChI=1S/C10H17N3/c1-2-10(1)3-4-11-5-7-13-8-6-12-9-13/h6,8-11H,1-5,7H2. The smallest absolute Gasteiger partial charge is 0.0946 e. The fourth-order valence-electron chi connectivity index (χ4n) is 1.46. The summed E-state index contributed by atoms with van der Waals surface area (Å²) in [6, 6.07) is 0. The van der Waals surface area contributed by atoms with E-state index in [4.69, 9.17) is 0 Å². The van der Waals surface area contributed by atoms with E-state index in [0.717, 1.165) is 19.0 Å². The number of hydrogen-bond donors (Lipinski definition) is 1. The molecule has 0 unspecified atom stereocenters. The van der Waals surface area contributed by atoms with Gasteiger partial charge in [-0.05, 0) is 18.9 Å². The molecule has 0 amide bonds. The first-order valence-corrected chi connectivity index (χ1v) is 5.11. The van der Waals surface area contributed by atoms with Crippen LogP contribution in [-0.2, 0) is 6.54 Å². The van der Waals surface area contributed by atoms with Crippen LogP contribution >= 0.6 is 0 Å². The predicted octanol–water partition coefficient (Wildman–Crippen LogP) is 1.27. The Hall–Kier alpha value is -0.830. The minimum Gasteiger partial charge on any atom is -0.336 e. The van der Waals surface area contributed by atoms with Gasteiger partial charge in [0.25, 0.3) is 0 Å². The number of nitrogens with zero attached hydrogens (tertiary/aromatic N) is 2. The maximum atomic E-state index is 3.99. The summed E-state index contributed by atoms with van der Waals surface area (Å²) < 4.78 is 2.10. The second kappa shape index (κ2) is 4.42. The Bertz CT molecular complexity index is 226. The lowest BCUT2D eigenvalue weighted by molar-refractivity contribution is 0.566. The largest absolute Gasteiger partial charge is 0.336 e. The van der Waals surface area contributed by atoms with Crippen molar-refractivity contribution in [3.63, 3.8) is 0 Å². The Morgan fingerprint density at radius 3 is 3.00 bits per heavy atom. The number of hydrogen-bond acceptors (Lipinski definition) is 2. The van der Waals surface area contributed by atoms with Crippen molar-refractivity contribution >= 4 is 0 Å². The van der Waals surface area contributed by atoms with Crippen LogP contribution in [-0.4, -0.2) is 22.6 Å². The highest BCUT2D eigenvalue weighted by molar-refractivity contribution is 4.75. The van der Waals surface area contributed by atoms with E-state index >= 15 is 0 Å². The second-order valence-electron chi connectivity index (χ2n) is 3.78. The van der Waals surface area contributed by atoms with Gasteiger partial charge in [0.2, 0.25) is 0 Å². The van der Waals surface area contributed by atoms with Crippen molar-refractivity contribution in [3.05, 3.63) is 18.7 Å². The molecular formula is C10H17N3. The first-order valence-electron chi connectivity index (χ1n) is 5.11. The molecule has 0 atom stereocenters. The molecule has 1 aliphatic carbocycles. The van der Waals surface area contributed by atoms with Crippen LogP contribution in [0.2, 0.25) is 0 Å². The van der Waals surface area contributed by atoms with E-state index in [9.17, 15) is 0 Å². The van der Waals surface area contributed by atoms with E-state index in [1.54, 1.807) is 0 Å². The van der Waals surface area contributed by atoms with Crippen molar-refractivity contribution in [1.82, 2.24) is 14.9 Å². The molecule has 3 heteroatoms. The van der Waals surface area contributed by atoms with Crippen LogP contribution in [0.4, 0.5) is 0 Å². The third-order valence-corrected chi connectivity index (χ3v) is 2.53. The fraction of sp³-hybridized carbons (Fsp3) is 0.700. The summed E-state index contributed by atoms with van der Waals surface area (Å²) in [6.45, 7) is 3.27. The zero-order chi connectivity index (χ0) is 8.93. The molecule has 0 spiro atoms. The third-order valence-electron chi connectivity index (χ3n) is 2.53. The van der Waals surface area contributed by atoms with Gasteiger partial charge in [0.1, 0.15) is 0 Å². The van der Waals surface area contributed by atoms with Crippen LogP contribution in [0, 0.1) is 5.92 Å². The number of rotatable bonds is 6. The molecule has 0 radical (unpaired) electrons. The van der Waals surface area contributed by atoms with Crippen molar-refractivity contribution in [2.75, 3.05) is 13.1 Å². The molecule has 1 saturated carbocycles. The van der Waals surface area contributed by atoms with Gasteiger partial charge in [-0.3, -0.25) is 0 Å². The SMILES string of the molecule is c1cn(CCNCCC2CC2)cn1. The summed E-state index contributed by atoms with van der Waals surface area (Å²) in [5.41, 5.74) is 0. The highest BCUT2D eigenvalue weighted by atomic mass is 15.0. The van der Waals surface area contributed by atoms with Gasteiger partial charge in [0, 0.05) is 25.5 Å². The predicted molar refractivity (Wildman–Crippen MR) is 52.4 cm³/mol. The van der Waals surface area contributed by atoms with E-state index in [0.29, 0.717) is 0 Å². The number of imidazole rings is 1. The molecule has 1 fully saturated rings. The third kappa shape index (κ3) is 3.19. The maximum absolute atomic E-state index is 3.99. The van der Waals surface area contributed by atoms with Gasteiger partial charge < -0.3 is 9.88 Å². The summed E-state index contributed by atoms with van der Waals surface area (Å²) in [5, 5.41) is 3.45. The first kappa shape index (κ1) is 8.75. The monoisotopic (exact) mass is 179 g/mol.